The quantitative estimate of drug-likeness (QED) is 0.465. The van der Waals surface area contributed by atoms with Gasteiger partial charge >= 0.3 is 0 Å². The number of hydrogen-bond acceptors (Lipinski definition) is 6. The second-order valence-corrected chi connectivity index (χ2v) is 8.54. The van der Waals surface area contributed by atoms with Crippen molar-refractivity contribution in [2.45, 2.75) is 32.6 Å². The Bertz CT molecular complexity index is 1100. The number of benzene rings is 1. The Balaban J connectivity index is 1.65. The van der Waals surface area contributed by atoms with Gasteiger partial charge in [-0.1, -0.05) is 12.1 Å². The van der Waals surface area contributed by atoms with Gasteiger partial charge in [0.2, 0.25) is 5.91 Å². The van der Waals surface area contributed by atoms with Gasteiger partial charge in [-0.2, -0.15) is 5.26 Å². The number of aryl methyl sites for hydroxylation is 2. The van der Waals surface area contributed by atoms with Gasteiger partial charge in [-0.3, -0.25) is 14.5 Å². The first-order valence-corrected chi connectivity index (χ1v) is 10.6. The average Bonchev–Trinajstić information content (AvgIpc) is 3.05. The SMILES string of the molecule is Cc1cccc(N2C(=O)C(C=Nc3sc4c(c3C#N)CCCC4)C(=O)NC2=S)c1. The highest BCUT2D eigenvalue weighted by molar-refractivity contribution is 7.80. The highest BCUT2D eigenvalue weighted by Crippen LogP contribution is 2.39. The standard InChI is InChI=1S/C21H18N4O2S2/c1-12-5-4-6-13(9-12)25-20(27)16(18(26)24-21(25)28)11-23-19-15(10-22)14-7-2-3-8-17(14)29-19/h4-6,9,11,16H,2-3,7-8H2,1H3,(H,24,26,28). The molecule has 1 aliphatic heterocycles. The lowest BCUT2D eigenvalue weighted by Crippen LogP contribution is -2.58. The third kappa shape index (κ3) is 3.59. The second-order valence-electron chi connectivity index (χ2n) is 7.07. The first-order valence-electron chi connectivity index (χ1n) is 9.34. The van der Waals surface area contributed by atoms with E-state index in [1.807, 2.05) is 25.1 Å². The van der Waals surface area contributed by atoms with Gasteiger partial charge in [-0.05, 0) is 68.1 Å². The van der Waals surface area contributed by atoms with Crippen LogP contribution in [0.3, 0.4) is 0 Å². The zero-order valence-electron chi connectivity index (χ0n) is 15.8. The minimum absolute atomic E-state index is 0.0551. The van der Waals surface area contributed by atoms with Gasteiger partial charge in [-0.15, -0.1) is 11.3 Å². The molecule has 1 aliphatic carbocycles. The van der Waals surface area contributed by atoms with Crippen LogP contribution in [-0.2, 0) is 22.4 Å². The molecule has 1 fully saturated rings. The molecule has 146 valence electrons. The fourth-order valence-corrected chi connectivity index (χ4v) is 5.12. The molecule has 0 radical (unpaired) electrons. The number of thiocarbonyl (C=S) groups is 1. The Labute approximate surface area is 177 Å². The Hall–Kier alpha value is -2.89. The van der Waals surface area contributed by atoms with Crippen molar-refractivity contribution in [2.24, 2.45) is 10.9 Å². The number of thiophene rings is 1. The summed E-state index contributed by atoms with van der Waals surface area (Å²) in [6.07, 6.45) is 5.33. The summed E-state index contributed by atoms with van der Waals surface area (Å²) in [6.45, 7) is 1.92. The third-order valence-electron chi connectivity index (χ3n) is 5.07. The first-order chi connectivity index (χ1) is 14.0. The highest BCUT2D eigenvalue weighted by atomic mass is 32.1. The fraction of sp³-hybridized carbons (Fsp3) is 0.286. The van der Waals surface area contributed by atoms with Gasteiger partial charge in [-0.25, -0.2) is 4.99 Å². The van der Waals surface area contributed by atoms with E-state index in [0.717, 1.165) is 36.8 Å². The molecule has 6 nitrogen and oxygen atoms in total. The van der Waals surface area contributed by atoms with Gasteiger partial charge in [0.1, 0.15) is 11.1 Å². The van der Waals surface area contributed by atoms with E-state index in [-0.39, 0.29) is 5.11 Å². The first kappa shape index (κ1) is 19.4. The van der Waals surface area contributed by atoms with E-state index >= 15 is 0 Å². The monoisotopic (exact) mass is 422 g/mol. The number of rotatable bonds is 3. The second kappa shape index (κ2) is 7.85. The van der Waals surface area contributed by atoms with E-state index in [9.17, 15) is 14.9 Å². The molecule has 1 unspecified atom stereocenters. The van der Waals surface area contributed by atoms with E-state index in [1.54, 1.807) is 6.07 Å². The van der Waals surface area contributed by atoms with E-state index in [0.29, 0.717) is 16.3 Å². The summed E-state index contributed by atoms with van der Waals surface area (Å²) in [4.78, 5) is 32.4. The van der Waals surface area contributed by atoms with Crippen LogP contribution in [0.1, 0.15) is 34.4 Å². The van der Waals surface area contributed by atoms with Crippen molar-refractivity contribution in [3.63, 3.8) is 0 Å². The van der Waals surface area contributed by atoms with E-state index < -0.39 is 17.7 Å². The Morgan fingerprint density at radius 1 is 1.34 bits per heavy atom. The molecule has 1 saturated heterocycles. The van der Waals surface area contributed by atoms with Crippen LogP contribution in [0.5, 0.6) is 0 Å². The summed E-state index contributed by atoms with van der Waals surface area (Å²) in [6, 6.07) is 9.59. The zero-order valence-corrected chi connectivity index (χ0v) is 17.4. The maximum atomic E-state index is 13.1. The van der Waals surface area contributed by atoms with Crippen molar-refractivity contribution >= 4 is 57.4 Å². The van der Waals surface area contributed by atoms with Gasteiger partial charge in [0.15, 0.2) is 11.0 Å². The van der Waals surface area contributed by atoms with Crippen molar-refractivity contribution in [3.05, 3.63) is 45.8 Å². The number of nitrogens with zero attached hydrogens (tertiary/aromatic N) is 3. The average molecular weight is 423 g/mol. The van der Waals surface area contributed by atoms with Crippen molar-refractivity contribution in [2.75, 3.05) is 4.90 Å². The van der Waals surface area contributed by atoms with Crippen LogP contribution < -0.4 is 10.2 Å². The number of nitrogens with one attached hydrogen (secondary N) is 1. The van der Waals surface area contributed by atoms with E-state index in [2.05, 4.69) is 16.4 Å². The molecular weight excluding hydrogens is 404 g/mol. The summed E-state index contributed by atoms with van der Waals surface area (Å²) < 4.78 is 0. The molecule has 1 aromatic heterocycles. The van der Waals surface area contributed by atoms with Crippen molar-refractivity contribution in [3.8, 4) is 6.07 Å². The fourth-order valence-electron chi connectivity index (χ4n) is 3.63. The number of hydrogen-bond donors (Lipinski definition) is 1. The van der Waals surface area contributed by atoms with Crippen LogP contribution >= 0.6 is 23.6 Å². The number of carbonyl (C=O) groups is 2. The maximum absolute atomic E-state index is 13.1. The normalized spacial score (nSPS) is 19.2. The number of amides is 2. The molecule has 0 saturated carbocycles. The lowest BCUT2D eigenvalue weighted by Gasteiger charge is -2.31. The number of fused-ring (bicyclic) bond motifs is 1. The minimum Gasteiger partial charge on any atom is -0.301 e. The molecule has 29 heavy (non-hydrogen) atoms. The summed E-state index contributed by atoms with van der Waals surface area (Å²) in [5, 5.41) is 12.8. The van der Waals surface area contributed by atoms with E-state index in [4.69, 9.17) is 12.2 Å². The molecular formula is C21H18N4O2S2. The molecule has 1 N–H and O–H groups in total. The molecule has 2 amide bonds. The number of carbonyl (C=O) groups excluding carboxylic acids is 2. The van der Waals surface area contributed by atoms with Crippen LogP contribution in [0.2, 0.25) is 0 Å². The van der Waals surface area contributed by atoms with Gasteiger partial charge in [0, 0.05) is 11.1 Å². The molecule has 8 heteroatoms. The number of nitriles is 1. The minimum atomic E-state index is -1.10. The van der Waals surface area contributed by atoms with Crippen LogP contribution in [-0.4, -0.2) is 23.1 Å². The van der Waals surface area contributed by atoms with Crippen LogP contribution in [0.15, 0.2) is 29.3 Å². The lowest BCUT2D eigenvalue weighted by atomic mass is 9.96. The van der Waals surface area contributed by atoms with Gasteiger partial charge in [0.25, 0.3) is 5.91 Å². The van der Waals surface area contributed by atoms with Crippen LogP contribution in [0.4, 0.5) is 10.7 Å². The van der Waals surface area contributed by atoms with Crippen molar-refractivity contribution in [1.29, 1.82) is 5.26 Å². The summed E-state index contributed by atoms with van der Waals surface area (Å²) >= 11 is 6.70. The smallest absolute Gasteiger partial charge is 0.251 e. The van der Waals surface area contributed by atoms with Gasteiger partial charge < -0.3 is 5.32 Å². The molecule has 1 aromatic carbocycles. The molecule has 0 bridgehead atoms. The van der Waals surface area contributed by atoms with Crippen molar-refractivity contribution in [1.82, 2.24) is 5.32 Å². The summed E-state index contributed by atoms with van der Waals surface area (Å²) in [5.74, 6) is -2.06. The highest BCUT2D eigenvalue weighted by Gasteiger charge is 2.38. The van der Waals surface area contributed by atoms with Crippen molar-refractivity contribution < 1.29 is 9.59 Å². The zero-order chi connectivity index (χ0) is 20.5. The topological polar surface area (TPSA) is 85.6 Å². The maximum Gasteiger partial charge on any atom is 0.251 e. The Morgan fingerprint density at radius 2 is 2.14 bits per heavy atom. The molecule has 0 spiro atoms. The predicted molar refractivity (Wildman–Crippen MR) is 117 cm³/mol. The summed E-state index contributed by atoms with van der Waals surface area (Å²) in [5.41, 5.74) is 3.21. The van der Waals surface area contributed by atoms with Crippen LogP contribution in [0, 0.1) is 24.2 Å². The largest absolute Gasteiger partial charge is 0.301 e. The molecule has 1 atom stereocenters. The predicted octanol–water partition coefficient (Wildman–Crippen LogP) is 3.57. The molecule has 2 aromatic rings. The lowest BCUT2D eigenvalue weighted by molar-refractivity contribution is -0.130. The van der Waals surface area contributed by atoms with Gasteiger partial charge in [0.05, 0.1) is 11.3 Å². The third-order valence-corrected chi connectivity index (χ3v) is 6.55. The molecule has 2 heterocycles. The number of aliphatic imine (C=N–C) groups is 1. The number of anilines is 1. The molecule has 2 aliphatic rings. The Morgan fingerprint density at radius 3 is 2.90 bits per heavy atom. The summed E-state index contributed by atoms with van der Waals surface area (Å²) in [7, 11) is 0. The van der Waals surface area contributed by atoms with Crippen LogP contribution in [0.25, 0.3) is 0 Å². The molecule has 4 rings (SSSR count). The Kier molecular flexibility index (Phi) is 5.26. The van der Waals surface area contributed by atoms with E-state index in [1.165, 1.54) is 27.3 Å².